The van der Waals surface area contributed by atoms with Gasteiger partial charge in [-0.2, -0.15) is 0 Å². The van der Waals surface area contributed by atoms with E-state index in [1.165, 1.54) is 20.2 Å². The van der Waals surface area contributed by atoms with E-state index in [1.807, 2.05) is 79.0 Å². The van der Waals surface area contributed by atoms with Crippen LogP contribution in [0.4, 0.5) is 4.39 Å². The van der Waals surface area contributed by atoms with Crippen LogP contribution in [-0.2, 0) is 0 Å². The van der Waals surface area contributed by atoms with Crippen LogP contribution in [0, 0.1) is 0 Å². The second-order valence-electron chi connectivity index (χ2n) is 9.97. The van der Waals surface area contributed by atoms with Gasteiger partial charge in [-0.3, -0.25) is 9.55 Å². The van der Waals surface area contributed by atoms with Crippen molar-refractivity contribution in [2.45, 2.75) is 6.17 Å². The molecule has 8 aromatic rings. The summed E-state index contributed by atoms with van der Waals surface area (Å²) in [5.74, 6) is 0. The summed E-state index contributed by atoms with van der Waals surface area (Å²) >= 11 is 1.80. The number of alkyl halides is 1. The molecule has 0 amide bonds. The van der Waals surface area contributed by atoms with Crippen LogP contribution in [0.3, 0.4) is 0 Å². The van der Waals surface area contributed by atoms with E-state index < -0.39 is 6.17 Å². The van der Waals surface area contributed by atoms with Gasteiger partial charge in [0, 0.05) is 54.6 Å². The molecule has 0 saturated carbocycles. The molecule has 40 heavy (non-hydrogen) atoms. The summed E-state index contributed by atoms with van der Waals surface area (Å²) in [6.07, 6.45) is 2.30. The van der Waals surface area contributed by atoms with Crippen molar-refractivity contribution in [3.05, 3.63) is 139 Å². The van der Waals surface area contributed by atoms with Gasteiger partial charge in [0.1, 0.15) is 5.65 Å². The van der Waals surface area contributed by atoms with Crippen molar-refractivity contribution >= 4 is 53.4 Å². The van der Waals surface area contributed by atoms with E-state index >= 15 is 4.39 Å². The van der Waals surface area contributed by atoms with Crippen molar-refractivity contribution in [3.63, 3.8) is 0 Å². The van der Waals surface area contributed by atoms with Gasteiger partial charge in [0.05, 0.1) is 11.2 Å². The third kappa shape index (κ3) is 3.63. The average Bonchev–Trinajstić information content (AvgIpc) is 3.55. The average molecular weight is 536 g/mol. The molecule has 1 unspecified atom stereocenters. The molecule has 0 aliphatic carbocycles. The molecule has 3 nitrogen and oxygen atoms in total. The van der Waals surface area contributed by atoms with E-state index in [0.717, 1.165) is 38.9 Å². The Hall–Kier alpha value is -4.87. The number of fused-ring (bicyclic) bond motifs is 6. The van der Waals surface area contributed by atoms with Gasteiger partial charge in [-0.1, -0.05) is 54.6 Å². The van der Waals surface area contributed by atoms with Gasteiger partial charge in [-0.25, -0.2) is 9.37 Å². The van der Waals surface area contributed by atoms with E-state index in [9.17, 15) is 0 Å². The molecule has 4 aromatic heterocycles. The van der Waals surface area contributed by atoms with Crippen molar-refractivity contribution in [2.24, 2.45) is 0 Å². The molecule has 4 heterocycles. The Bertz CT molecular complexity index is 2200. The maximum Gasteiger partial charge on any atom is 0.150 e. The molecule has 5 heteroatoms. The van der Waals surface area contributed by atoms with Gasteiger partial charge in [0.25, 0.3) is 0 Å². The Kier molecular flexibility index (Phi) is 5.25. The van der Waals surface area contributed by atoms with Crippen molar-refractivity contribution < 1.29 is 4.39 Å². The summed E-state index contributed by atoms with van der Waals surface area (Å²) in [6.45, 7) is 0. The maximum atomic E-state index is 16.1. The Labute approximate surface area is 233 Å². The fraction of sp³-hybridized carbons (Fsp3) is 0.0286. The highest BCUT2D eigenvalue weighted by atomic mass is 32.1. The number of rotatable bonds is 4. The van der Waals surface area contributed by atoms with Crippen LogP contribution in [0.15, 0.2) is 128 Å². The van der Waals surface area contributed by atoms with Crippen LogP contribution in [0.1, 0.15) is 17.3 Å². The quantitative estimate of drug-likeness (QED) is 0.225. The van der Waals surface area contributed by atoms with E-state index in [2.05, 4.69) is 52.0 Å². The molecular formula is C35H22FN3S. The Morgan fingerprint density at radius 2 is 1.40 bits per heavy atom. The number of nitrogens with zero attached hydrogens (tertiary/aromatic N) is 3. The molecule has 0 fully saturated rings. The predicted octanol–water partition coefficient (Wildman–Crippen LogP) is 9.67. The zero-order valence-corrected chi connectivity index (χ0v) is 22.1. The Balaban J connectivity index is 1.29. The molecule has 190 valence electrons. The van der Waals surface area contributed by atoms with Crippen LogP contribution in [0.25, 0.3) is 59.1 Å². The molecule has 4 aromatic carbocycles. The van der Waals surface area contributed by atoms with Gasteiger partial charge >= 0.3 is 0 Å². The summed E-state index contributed by atoms with van der Waals surface area (Å²) in [4.78, 5) is 9.21. The Morgan fingerprint density at radius 3 is 2.30 bits per heavy atom. The lowest BCUT2D eigenvalue weighted by molar-refractivity contribution is 0.402. The highest BCUT2D eigenvalue weighted by Gasteiger charge is 2.19. The molecule has 0 aliphatic rings. The normalized spacial score (nSPS) is 12.5. The molecule has 1 atom stereocenters. The predicted molar refractivity (Wildman–Crippen MR) is 164 cm³/mol. The summed E-state index contributed by atoms with van der Waals surface area (Å²) < 4.78 is 20.8. The van der Waals surface area contributed by atoms with E-state index in [0.29, 0.717) is 11.1 Å². The van der Waals surface area contributed by atoms with Crippen LogP contribution >= 0.6 is 11.3 Å². The molecule has 0 bridgehead atoms. The number of hydrogen-bond acceptors (Lipinski definition) is 3. The number of halogens is 1. The minimum Gasteiger partial charge on any atom is -0.294 e. The molecule has 0 aliphatic heterocycles. The fourth-order valence-corrected chi connectivity index (χ4v) is 6.85. The molecule has 0 saturated heterocycles. The van der Waals surface area contributed by atoms with Gasteiger partial charge in [0.2, 0.25) is 0 Å². The standard InChI is InChI=1S/C35H22FN3S/c36-34(23-9-5-8-22(18-23)30-14-3-4-16-37-30)24-10-6-11-25(19-24)39-31-21-33-29(26-12-1-2-15-32(26)40-33)20-28(31)27-13-7-17-38-35(27)39/h1-21,34H. The Morgan fingerprint density at radius 1 is 0.600 bits per heavy atom. The number of benzene rings is 4. The van der Waals surface area contributed by atoms with E-state index in [4.69, 9.17) is 4.98 Å². The highest BCUT2D eigenvalue weighted by molar-refractivity contribution is 7.25. The van der Waals surface area contributed by atoms with Gasteiger partial charge < -0.3 is 0 Å². The lowest BCUT2D eigenvalue weighted by Gasteiger charge is -2.14. The minimum absolute atomic E-state index is 0.601. The summed E-state index contributed by atoms with van der Waals surface area (Å²) in [6, 6.07) is 38.3. The first kappa shape index (κ1) is 23.1. The number of aromatic nitrogens is 3. The molecule has 0 radical (unpaired) electrons. The number of hydrogen-bond donors (Lipinski definition) is 0. The first-order chi connectivity index (χ1) is 19.7. The van der Waals surface area contributed by atoms with Crippen molar-refractivity contribution in [3.8, 4) is 16.9 Å². The minimum atomic E-state index is -1.28. The SMILES string of the molecule is FC(c1cccc(-c2ccccn2)c1)c1cccc(-n2c3cc4sc5ccccc5c4cc3c3cccnc32)c1. The van der Waals surface area contributed by atoms with E-state index in [-0.39, 0.29) is 0 Å². The topological polar surface area (TPSA) is 30.7 Å². The lowest BCUT2D eigenvalue weighted by atomic mass is 9.99. The number of thiophene rings is 1. The third-order valence-corrected chi connectivity index (χ3v) is 8.72. The van der Waals surface area contributed by atoms with Gasteiger partial charge in [-0.05, 0) is 71.8 Å². The monoisotopic (exact) mass is 535 g/mol. The maximum absolute atomic E-state index is 16.1. The van der Waals surface area contributed by atoms with E-state index in [1.54, 1.807) is 17.5 Å². The van der Waals surface area contributed by atoms with Crippen LogP contribution in [0.5, 0.6) is 0 Å². The second kappa shape index (κ2) is 9.11. The van der Waals surface area contributed by atoms with Crippen LogP contribution in [0.2, 0.25) is 0 Å². The lowest BCUT2D eigenvalue weighted by Crippen LogP contribution is -1.99. The summed E-state index contributed by atoms with van der Waals surface area (Å²) in [7, 11) is 0. The largest absolute Gasteiger partial charge is 0.294 e. The zero-order valence-electron chi connectivity index (χ0n) is 21.3. The first-order valence-corrected chi connectivity index (χ1v) is 14.0. The zero-order chi connectivity index (χ0) is 26.6. The van der Waals surface area contributed by atoms with Crippen molar-refractivity contribution in [1.29, 1.82) is 0 Å². The molecular weight excluding hydrogens is 513 g/mol. The number of pyridine rings is 2. The van der Waals surface area contributed by atoms with Crippen molar-refractivity contribution in [2.75, 3.05) is 0 Å². The molecule has 8 rings (SSSR count). The second-order valence-corrected chi connectivity index (χ2v) is 11.1. The van der Waals surface area contributed by atoms with Crippen LogP contribution < -0.4 is 0 Å². The fourth-order valence-electron chi connectivity index (χ4n) is 5.73. The van der Waals surface area contributed by atoms with Crippen LogP contribution in [-0.4, -0.2) is 14.5 Å². The van der Waals surface area contributed by atoms with Crippen molar-refractivity contribution in [1.82, 2.24) is 14.5 Å². The highest BCUT2D eigenvalue weighted by Crippen LogP contribution is 2.40. The third-order valence-electron chi connectivity index (χ3n) is 7.59. The summed E-state index contributed by atoms with van der Waals surface area (Å²) in [5.41, 5.74) is 5.75. The first-order valence-electron chi connectivity index (χ1n) is 13.2. The smallest absolute Gasteiger partial charge is 0.150 e. The molecule has 0 N–H and O–H groups in total. The summed E-state index contributed by atoms with van der Waals surface area (Å²) in [5, 5.41) is 4.75. The van der Waals surface area contributed by atoms with Gasteiger partial charge in [0.15, 0.2) is 6.17 Å². The van der Waals surface area contributed by atoms with Gasteiger partial charge in [-0.15, -0.1) is 11.3 Å². The molecule has 0 spiro atoms.